The molecule has 4 aromatic carbocycles. The Morgan fingerprint density at radius 1 is 0.923 bits per heavy atom. The standard InChI is InChI=1S/C30H23ClFNO5S/c1-36-26-13-12-19(16-27(26)38-18-22-23(31)9-5-10-24(22)32)17-28-29(34)33(30(35)39-28)14-15-37-25-11-4-7-20-6-2-3-8-21(20)25/h2-13,16-17H,14-15,18H2,1H3/b28-17-. The number of carbonyl (C=O) groups is 2. The van der Waals surface area contributed by atoms with Crippen molar-refractivity contribution < 1.29 is 28.2 Å². The van der Waals surface area contributed by atoms with Crippen molar-refractivity contribution in [3.8, 4) is 17.2 Å². The summed E-state index contributed by atoms with van der Waals surface area (Å²) in [6.07, 6.45) is 1.61. The van der Waals surface area contributed by atoms with Gasteiger partial charge >= 0.3 is 0 Å². The summed E-state index contributed by atoms with van der Waals surface area (Å²) in [6, 6.07) is 23.1. The first-order valence-electron chi connectivity index (χ1n) is 12.0. The van der Waals surface area contributed by atoms with Gasteiger partial charge in [-0.3, -0.25) is 14.5 Å². The highest BCUT2D eigenvalue weighted by molar-refractivity contribution is 8.18. The minimum atomic E-state index is -0.476. The van der Waals surface area contributed by atoms with E-state index in [2.05, 4.69) is 0 Å². The molecule has 0 radical (unpaired) electrons. The monoisotopic (exact) mass is 563 g/mol. The van der Waals surface area contributed by atoms with Crippen molar-refractivity contribution in [1.82, 2.24) is 4.90 Å². The molecule has 0 saturated carbocycles. The van der Waals surface area contributed by atoms with Gasteiger partial charge < -0.3 is 14.2 Å². The summed E-state index contributed by atoms with van der Waals surface area (Å²) in [7, 11) is 1.49. The van der Waals surface area contributed by atoms with Gasteiger partial charge in [0.2, 0.25) is 0 Å². The lowest BCUT2D eigenvalue weighted by Crippen LogP contribution is -2.32. The summed E-state index contributed by atoms with van der Waals surface area (Å²) in [6.45, 7) is 0.169. The highest BCUT2D eigenvalue weighted by Gasteiger charge is 2.34. The van der Waals surface area contributed by atoms with Crippen molar-refractivity contribution in [2.24, 2.45) is 0 Å². The van der Waals surface area contributed by atoms with Crippen molar-refractivity contribution in [3.63, 3.8) is 0 Å². The molecule has 0 aromatic heterocycles. The maximum atomic E-state index is 14.2. The SMILES string of the molecule is COc1ccc(/C=C2\SC(=O)N(CCOc3cccc4ccccc34)C2=O)cc1OCc1c(F)cccc1Cl. The molecule has 5 rings (SSSR count). The molecular formula is C30H23ClFNO5S. The van der Waals surface area contributed by atoms with Crippen LogP contribution >= 0.6 is 23.4 Å². The van der Waals surface area contributed by atoms with Crippen LogP contribution in [0, 0.1) is 5.82 Å². The van der Waals surface area contributed by atoms with Crippen LogP contribution in [0.4, 0.5) is 9.18 Å². The molecule has 2 amide bonds. The lowest BCUT2D eigenvalue weighted by atomic mass is 10.1. The Bertz CT molecular complexity index is 1570. The van der Waals surface area contributed by atoms with E-state index in [1.54, 1.807) is 30.3 Å². The van der Waals surface area contributed by atoms with E-state index in [0.717, 1.165) is 22.5 Å². The van der Waals surface area contributed by atoms with Gasteiger partial charge in [0.15, 0.2) is 11.5 Å². The highest BCUT2D eigenvalue weighted by atomic mass is 35.5. The molecule has 39 heavy (non-hydrogen) atoms. The maximum absolute atomic E-state index is 14.2. The highest BCUT2D eigenvalue weighted by Crippen LogP contribution is 2.35. The summed E-state index contributed by atoms with van der Waals surface area (Å²) in [5.41, 5.74) is 0.835. The van der Waals surface area contributed by atoms with E-state index in [-0.39, 0.29) is 40.5 Å². The average molecular weight is 564 g/mol. The molecule has 6 nitrogen and oxygen atoms in total. The van der Waals surface area contributed by atoms with E-state index in [1.165, 1.54) is 24.1 Å². The second-order valence-electron chi connectivity index (χ2n) is 8.56. The van der Waals surface area contributed by atoms with E-state index in [9.17, 15) is 14.0 Å². The molecule has 1 fully saturated rings. The fourth-order valence-corrected chi connectivity index (χ4v) is 5.21. The van der Waals surface area contributed by atoms with Crippen molar-refractivity contribution in [1.29, 1.82) is 0 Å². The summed E-state index contributed by atoms with van der Waals surface area (Å²) in [5.74, 6) is 0.586. The number of ether oxygens (including phenoxy) is 3. The molecule has 0 N–H and O–H groups in total. The summed E-state index contributed by atoms with van der Waals surface area (Å²) in [4.78, 5) is 27.1. The number of rotatable bonds is 9. The summed E-state index contributed by atoms with van der Waals surface area (Å²) < 4.78 is 31.2. The second-order valence-corrected chi connectivity index (χ2v) is 9.96. The molecule has 0 atom stereocenters. The van der Waals surface area contributed by atoms with E-state index in [4.69, 9.17) is 25.8 Å². The summed E-state index contributed by atoms with van der Waals surface area (Å²) >= 11 is 6.97. The van der Waals surface area contributed by atoms with Crippen LogP contribution in [0.2, 0.25) is 5.02 Å². The predicted octanol–water partition coefficient (Wildman–Crippen LogP) is 7.34. The number of hydrogen-bond acceptors (Lipinski definition) is 6. The Kier molecular flexibility index (Phi) is 8.05. The van der Waals surface area contributed by atoms with E-state index in [0.29, 0.717) is 22.8 Å². The van der Waals surface area contributed by atoms with Gasteiger partial charge in [-0.15, -0.1) is 0 Å². The smallest absolute Gasteiger partial charge is 0.293 e. The van der Waals surface area contributed by atoms with Gasteiger partial charge in [-0.1, -0.05) is 60.1 Å². The lowest BCUT2D eigenvalue weighted by molar-refractivity contribution is -0.123. The molecule has 0 spiro atoms. The topological polar surface area (TPSA) is 65.1 Å². The number of imide groups is 1. The molecule has 0 unspecified atom stereocenters. The molecule has 198 valence electrons. The number of halogens is 2. The number of fused-ring (bicyclic) bond motifs is 1. The van der Waals surface area contributed by atoms with Crippen LogP contribution in [0.5, 0.6) is 17.2 Å². The second kappa shape index (κ2) is 11.8. The minimum absolute atomic E-state index is 0.113. The van der Waals surface area contributed by atoms with Gasteiger partial charge in [0, 0.05) is 10.9 Å². The lowest BCUT2D eigenvalue weighted by Gasteiger charge is -2.14. The van der Waals surface area contributed by atoms with Gasteiger partial charge in [0.25, 0.3) is 11.1 Å². The zero-order valence-corrected chi connectivity index (χ0v) is 22.4. The van der Waals surface area contributed by atoms with E-state index >= 15 is 0 Å². The van der Waals surface area contributed by atoms with Gasteiger partial charge in [-0.25, -0.2) is 4.39 Å². The third kappa shape index (κ3) is 5.87. The molecule has 1 heterocycles. The molecule has 0 bridgehead atoms. The minimum Gasteiger partial charge on any atom is -0.493 e. The van der Waals surface area contributed by atoms with Crippen LogP contribution in [-0.2, 0) is 11.4 Å². The first-order chi connectivity index (χ1) is 18.9. The Labute approximate surface area is 233 Å². The first-order valence-corrected chi connectivity index (χ1v) is 13.2. The van der Waals surface area contributed by atoms with Crippen LogP contribution in [-0.4, -0.2) is 36.3 Å². The van der Waals surface area contributed by atoms with Crippen LogP contribution < -0.4 is 14.2 Å². The number of thioether (sulfide) groups is 1. The predicted molar refractivity (Wildman–Crippen MR) is 151 cm³/mol. The van der Waals surface area contributed by atoms with Gasteiger partial charge in [0.05, 0.1) is 23.6 Å². The fraction of sp³-hybridized carbons (Fsp3) is 0.133. The number of benzene rings is 4. The first kappa shape index (κ1) is 26.6. The quantitative estimate of drug-likeness (QED) is 0.199. The number of methoxy groups -OCH3 is 1. The van der Waals surface area contributed by atoms with Crippen LogP contribution in [0.15, 0.2) is 83.8 Å². The maximum Gasteiger partial charge on any atom is 0.293 e. The summed E-state index contributed by atoms with van der Waals surface area (Å²) in [5, 5.41) is 1.89. The van der Waals surface area contributed by atoms with E-state index in [1.807, 2.05) is 42.5 Å². The largest absolute Gasteiger partial charge is 0.493 e. The van der Waals surface area contributed by atoms with Crippen molar-refractivity contribution in [2.75, 3.05) is 20.3 Å². The molecule has 9 heteroatoms. The number of hydrogen-bond donors (Lipinski definition) is 0. The molecule has 1 aliphatic rings. The van der Waals surface area contributed by atoms with Crippen LogP contribution in [0.25, 0.3) is 16.8 Å². The molecule has 1 aliphatic heterocycles. The van der Waals surface area contributed by atoms with Gasteiger partial charge in [-0.05, 0) is 59.1 Å². The molecular weight excluding hydrogens is 541 g/mol. The Hall–Kier alpha value is -4.01. The molecule has 1 saturated heterocycles. The van der Waals surface area contributed by atoms with Crippen LogP contribution in [0.1, 0.15) is 11.1 Å². The Balaban J connectivity index is 1.27. The number of nitrogens with zero attached hydrogens (tertiary/aromatic N) is 1. The Morgan fingerprint density at radius 2 is 1.72 bits per heavy atom. The van der Waals surface area contributed by atoms with Gasteiger partial charge in [0.1, 0.15) is 24.8 Å². The van der Waals surface area contributed by atoms with Crippen LogP contribution in [0.3, 0.4) is 0 Å². The molecule has 4 aromatic rings. The average Bonchev–Trinajstić information content (AvgIpc) is 3.20. The Morgan fingerprint density at radius 3 is 2.54 bits per heavy atom. The van der Waals surface area contributed by atoms with Crippen molar-refractivity contribution in [3.05, 3.63) is 106 Å². The number of carbonyl (C=O) groups excluding carboxylic acids is 2. The molecule has 0 aliphatic carbocycles. The third-order valence-corrected chi connectivity index (χ3v) is 7.38. The zero-order chi connectivity index (χ0) is 27.4. The van der Waals surface area contributed by atoms with Crippen molar-refractivity contribution >= 4 is 51.4 Å². The van der Waals surface area contributed by atoms with Gasteiger partial charge in [-0.2, -0.15) is 0 Å². The number of amides is 2. The van der Waals surface area contributed by atoms with E-state index < -0.39 is 11.7 Å². The van der Waals surface area contributed by atoms with Crippen molar-refractivity contribution in [2.45, 2.75) is 6.61 Å². The fourth-order valence-electron chi connectivity index (χ4n) is 4.13. The normalized spacial score (nSPS) is 14.3. The third-order valence-electron chi connectivity index (χ3n) is 6.11. The zero-order valence-electron chi connectivity index (χ0n) is 20.9.